The molecule has 1 fully saturated rings. The molecule has 1 aliphatic rings. The highest BCUT2D eigenvalue weighted by atomic mass is 35.5. The van der Waals surface area contributed by atoms with Gasteiger partial charge in [0.1, 0.15) is 11.5 Å². The Morgan fingerprint density at radius 3 is 2.41 bits per heavy atom. The van der Waals surface area contributed by atoms with Gasteiger partial charge in [0, 0.05) is 43.0 Å². The second-order valence-electron chi connectivity index (χ2n) is 6.41. The minimum absolute atomic E-state index is 0.115. The van der Waals surface area contributed by atoms with Crippen molar-refractivity contribution in [1.82, 2.24) is 4.90 Å². The smallest absolute Gasteiger partial charge is 0.321 e. The topological polar surface area (TPSA) is 54.0 Å². The number of nitrogens with one attached hydrogen (secondary N) is 1. The van der Waals surface area contributed by atoms with E-state index in [1.54, 1.807) is 25.2 Å². The Morgan fingerprint density at radius 2 is 1.78 bits per heavy atom. The molecule has 0 radical (unpaired) electrons. The van der Waals surface area contributed by atoms with Crippen molar-refractivity contribution < 1.29 is 14.3 Å². The Morgan fingerprint density at radius 1 is 1.04 bits per heavy atom. The molecule has 0 atom stereocenters. The second kappa shape index (κ2) is 8.39. The summed E-state index contributed by atoms with van der Waals surface area (Å²) in [5.74, 6) is 1.52. The highest BCUT2D eigenvalue weighted by molar-refractivity contribution is 6.31. The van der Waals surface area contributed by atoms with Gasteiger partial charge in [0.15, 0.2) is 0 Å². The summed E-state index contributed by atoms with van der Waals surface area (Å²) in [5, 5.41) is 3.56. The normalized spacial score (nSPS) is 14.1. The monoisotopic (exact) mass is 389 g/mol. The van der Waals surface area contributed by atoms with Crippen molar-refractivity contribution in [2.75, 3.05) is 50.6 Å². The van der Waals surface area contributed by atoms with E-state index in [0.29, 0.717) is 23.8 Å². The Hall–Kier alpha value is -2.60. The van der Waals surface area contributed by atoms with E-state index in [0.717, 1.165) is 35.8 Å². The lowest BCUT2D eigenvalue weighted by atomic mass is 10.2. The number of halogens is 1. The number of benzene rings is 2. The average Bonchev–Trinajstić information content (AvgIpc) is 2.70. The molecule has 3 rings (SSSR count). The Bertz CT molecular complexity index is 820. The Balaban J connectivity index is 1.61. The first-order chi connectivity index (χ1) is 13.0. The van der Waals surface area contributed by atoms with Gasteiger partial charge >= 0.3 is 6.03 Å². The van der Waals surface area contributed by atoms with Crippen LogP contribution in [-0.4, -0.2) is 51.3 Å². The zero-order valence-corrected chi connectivity index (χ0v) is 16.5. The van der Waals surface area contributed by atoms with Crippen molar-refractivity contribution >= 4 is 29.0 Å². The summed E-state index contributed by atoms with van der Waals surface area (Å²) in [5.41, 5.74) is 2.69. The number of nitrogens with zero attached hydrogens (tertiary/aromatic N) is 2. The molecule has 0 saturated carbocycles. The third-order valence-electron chi connectivity index (χ3n) is 4.72. The molecular weight excluding hydrogens is 366 g/mol. The van der Waals surface area contributed by atoms with Crippen LogP contribution in [0.1, 0.15) is 5.56 Å². The van der Waals surface area contributed by atoms with Gasteiger partial charge < -0.3 is 24.6 Å². The summed E-state index contributed by atoms with van der Waals surface area (Å²) in [7, 11) is 3.28. The molecule has 1 saturated heterocycles. The molecule has 27 heavy (non-hydrogen) atoms. The van der Waals surface area contributed by atoms with Gasteiger partial charge in [-0.3, -0.25) is 0 Å². The molecule has 2 aromatic rings. The molecule has 1 aliphatic heterocycles. The van der Waals surface area contributed by atoms with Crippen LogP contribution < -0.4 is 19.7 Å². The van der Waals surface area contributed by atoms with E-state index in [9.17, 15) is 4.79 Å². The average molecular weight is 390 g/mol. The van der Waals surface area contributed by atoms with Crippen LogP contribution in [0.5, 0.6) is 11.5 Å². The maximum absolute atomic E-state index is 12.5. The van der Waals surface area contributed by atoms with E-state index in [1.807, 2.05) is 37.3 Å². The number of rotatable bonds is 4. The molecule has 0 unspecified atom stereocenters. The van der Waals surface area contributed by atoms with Crippen LogP contribution in [0.15, 0.2) is 36.4 Å². The summed E-state index contributed by atoms with van der Waals surface area (Å²) in [6, 6.07) is 11.2. The summed E-state index contributed by atoms with van der Waals surface area (Å²) in [4.78, 5) is 16.5. The minimum atomic E-state index is -0.115. The van der Waals surface area contributed by atoms with Crippen LogP contribution >= 0.6 is 11.6 Å². The van der Waals surface area contributed by atoms with Crippen molar-refractivity contribution in [3.05, 3.63) is 47.0 Å². The van der Waals surface area contributed by atoms with E-state index < -0.39 is 0 Å². The van der Waals surface area contributed by atoms with Gasteiger partial charge in [0.05, 0.1) is 19.9 Å². The molecule has 0 aromatic heterocycles. The lowest BCUT2D eigenvalue weighted by Crippen LogP contribution is -2.50. The predicted octanol–water partition coefficient (Wildman–Crippen LogP) is 4.02. The number of amides is 2. The Labute approximate surface area is 164 Å². The highest BCUT2D eigenvalue weighted by Crippen LogP contribution is 2.32. The van der Waals surface area contributed by atoms with Gasteiger partial charge in [0.25, 0.3) is 0 Å². The van der Waals surface area contributed by atoms with E-state index >= 15 is 0 Å². The zero-order valence-electron chi connectivity index (χ0n) is 15.8. The predicted molar refractivity (Wildman–Crippen MR) is 109 cm³/mol. The molecule has 1 heterocycles. The third kappa shape index (κ3) is 4.39. The molecule has 0 bridgehead atoms. The summed E-state index contributed by atoms with van der Waals surface area (Å²) < 4.78 is 10.7. The molecule has 7 heteroatoms. The van der Waals surface area contributed by atoms with Crippen LogP contribution in [0.25, 0.3) is 0 Å². The molecule has 1 N–H and O–H groups in total. The summed E-state index contributed by atoms with van der Waals surface area (Å²) in [6.45, 7) is 4.64. The number of urea groups is 1. The number of carbonyl (C=O) groups excluding carboxylic acids is 1. The first-order valence-electron chi connectivity index (χ1n) is 8.81. The molecule has 2 aromatic carbocycles. The fourth-order valence-corrected chi connectivity index (χ4v) is 3.25. The minimum Gasteiger partial charge on any atom is -0.497 e. The quantitative estimate of drug-likeness (QED) is 0.858. The Kier molecular flexibility index (Phi) is 5.96. The summed E-state index contributed by atoms with van der Waals surface area (Å²) in [6.07, 6.45) is 0. The SMILES string of the molecule is COc1ccc(N2CCN(C(=O)Nc3ccc(C)c(Cl)c3)CC2)c(OC)c1. The first kappa shape index (κ1) is 19.2. The van der Waals surface area contributed by atoms with Gasteiger partial charge in [-0.1, -0.05) is 17.7 Å². The fraction of sp³-hybridized carbons (Fsp3) is 0.350. The second-order valence-corrected chi connectivity index (χ2v) is 6.81. The summed E-state index contributed by atoms with van der Waals surface area (Å²) >= 11 is 6.13. The van der Waals surface area contributed by atoms with Crippen LogP contribution in [0.4, 0.5) is 16.2 Å². The van der Waals surface area contributed by atoms with Crippen molar-refractivity contribution in [3.63, 3.8) is 0 Å². The number of hydrogen-bond acceptors (Lipinski definition) is 4. The third-order valence-corrected chi connectivity index (χ3v) is 5.12. The van der Waals surface area contributed by atoms with Gasteiger partial charge in [-0.15, -0.1) is 0 Å². The maximum atomic E-state index is 12.5. The van der Waals surface area contributed by atoms with Gasteiger partial charge in [-0.25, -0.2) is 4.79 Å². The van der Waals surface area contributed by atoms with Gasteiger partial charge in [0.2, 0.25) is 0 Å². The van der Waals surface area contributed by atoms with Crippen molar-refractivity contribution in [2.45, 2.75) is 6.92 Å². The first-order valence-corrected chi connectivity index (χ1v) is 9.18. The van der Waals surface area contributed by atoms with Crippen molar-refractivity contribution in [1.29, 1.82) is 0 Å². The van der Waals surface area contributed by atoms with Crippen LogP contribution in [0.3, 0.4) is 0 Å². The van der Waals surface area contributed by atoms with Crippen molar-refractivity contribution in [2.24, 2.45) is 0 Å². The number of methoxy groups -OCH3 is 2. The van der Waals surface area contributed by atoms with Gasteiger partial charge in [-0.2, -0.15) is 0 Å². The van der Waals surface area contributed by atoms with Crippen molar-refractivity contribution in [3.8, 4) is 11.5 Å². The molecule has 0 aliphatic carbocycles. The number of hydrogen-bond donors (Lipinski definition) is 1. The van der Waals surface area contributed by atoms with Crippen LogP contribution in [0, 0.1) is 6.92 Å². The lowest BCUT2D eigenvalue weighted by Gasteiger charge is -2.36. The lowest BCUT2D eigenvalue weighted by molar-refractivity contribution is 0.208. The number of piperazine rings is 1. The zero-order chi connectivity index (χ0) is 19.4. The maximum Gasteiger partial charge on any atom is 0.321 e. The number of aryl methyl sites for hydroxylation is 1. The molecule has 144 valence electrons. The van der Waals surface area contributed by atoms with E-state index in [2.05, 4.69) is 10.2 Å². The number of carbonyl (C=O) groups is 1. The standard InChI is InChI=1S/C20H24ClN3O3/c1-14-4-5-15(12-17(14)21)22-20(25)24-10-8-23(9-11-24)18-7-6-16(26-2)13-19(18)27-3/h4-7,12-13H,8-11H2,1-3H3,(H,22,25). The van der Waals surface area contributed by atoms with Crippen LogP contribution in [-0.2, 0) is 0 Å². The van der Waals surface area contributed by atoms with Gasteiger partial charge in [-0.05, 0) is 36.8 Å². The fourth-order valence-electron chi connectivity index (χ4n) is 3.07. The largest absolute Gasteiger partial charge is 0.497 e. The molecule has 0 spiro atoms. The molecular formula is C20H24ClN3O3. The number of anilines is 2. The van der Waals surface area contributed by atoms with Crippen LogP contribution in [0.2, 0.25) is 5.02 Å². The number of ether oxygens (including phenoxy) is 2. The van der Waals surface area contributed by atoms with E-state index in [-0.39, 0.29) is 6.03 Å². The van der Waals surface area contributed by atoms with E-state index in [4.69, 9.17) is 21.1 Å². The molecule has 2 amide bonds. The highest BCUT2D eigenvalue weighted by Gasteiger charge is 2.23. The van der Waals surface area contributed by atoms with E-state index in [1.165, 1.54) is 0 Å². The molecule has 6 nitrogen and oxygen atoms in total.